The zero-order valence-corrected chi connectivity index (χ0v) is 34.6. The van der Waals surface area contributed by atoms with Crippen LogP contribution in [-0.2, 0) is 26.5 Å². The second kappa shape index (κ2) is 14.8. The van der Waals surface area contributed by atoms with Gasteiger partial charge in [-0.15, -0.1) is 29.8 Å². The molecule has 10 aromatic rings. The van der Waals surface area contributed by atoms with Crippen molar-refractivity contribution in [2.24, 2.45) is 0 Å². The Morgan fingerprint density at radius 1 is 0.569 bits per heavy atom. The van der Waals surface area contributed by atoms with Crippen LogP contribution in [0.5, 0.6) is 5.75 Å². The van der Waals surface area contributed by atoms with Crippen LogP contribution in [0.3, 0.4) is 0 Å². The van der Waals surface area contributed by atoms with Crippen molar-refractivity contribution in [2.75, 3.05) is 0 Å². The predicted octanol–water partition coefficient (Wildman–Crippen LogP) is 13.0. The monoisotopic (exact) mass is 930 g/mol. The molecule has 0 bridgehead atoms. The summed E-state index contributed by atoms with van der Waals surface area (Å²) >= 11 is 0. The average Bonchev–Trinajstić information content (AvgIpc) is 3.80. The van der Waals surface area contributed by atoms with Gasteiger partial charge in [0.2, 0.25) is 0 Å². The molecular formula is C52H39N4OPt-. The van der Waals surface area contributed by atoms with E-state index in [0.717, 1.165) is 77.7 Å². The fourth-order valence-corrected chi connectivity index (χ4v) is 8.19. The number of aromatic nitrogens is 4. The second-order valence-electron chi connectivity index (χ2n) is 15.5. The largest absolute Gasteiger partial charge is 0.507 e. The number of hydrogen-bond acceptors (Lipinski definition) is 3. The molecule has 0 aliphatic carbocycles. The number of hydrogen-bond donors (Lipinski definition) is 1. The summed E-state index contributed by atoms with van der Waals surface area (Å²) in [6.07, 6.45) is 1.90. The molecule has 3 heterocycles. The summed E-state index contributed by atoms with van der Waals surface area (Å²) < 4.78 is 4.51. The van der Waals surface area contributed by atoms with Gasteiger partial charge in [-0.3, -0.25) is 9.55 Å². The molecule has 0 spiro atoms. The molecule has 10 rings (SSSR count). The molecule has 58 heavy (non-hydrogen) atoms. The Morgan fingerprint density at radius 3 is 2.03 bits per heavy atom. The molecule has 0 radical (unpaired) electrons. The van der Waals surface area contributed by atoms with Crippen molar-refractivity contribution >= 4 is 32.8 Å². The Balaban J connectivity index is 0.00000436. The summed E-state index contributed by atoms with van der Waals surface area (Å²) in [6.45, 7) is 6.72. The first-order chi connectivity index (χ1) is 27.8. The second-order valence-corrected chi connectivity index (χ2v) is 15.5. The molecule has 0 aliphatic heterocycles. The van der Waals surface area contributed by atoms with Crippen molar-refractivity contribution in [3.63, 3.8) is 0 Å². The minimum absolute atomic E-state index is 0. The topological polar surface area (TPSA) is 55.9 Å². The first-order valence-corrected chi connectivity index (χ1v) is 19.3. The van der Waals surface area contributed by atoms with E-state index in [2.05, 4.69) is 169 Å². The van der Waals surface area contributed by atoms with Crippen molar-refractivity contribution in [1.29, 1.82) is 0 Å². The van der Waals surface area contributed by atoms with E-state index in [1.807, 2.05) is 36.5 Å². The Kier molecular flexibility index (Phi) is 9.42. The number of rotatable bonds is 6. The normalized spacial score (nSPS) is 11.6. The van der Waals surface area contributed by atoms with Gasteiger partial charge in [0, 0.05) is 55.0 Å². The summed E-state index contributed by atoms with van der Waals surface area (Å²) in [7, 11) is 0. The van der Waals surface area contributed by atoms with Gasteiger partial charge in [-0.1, -0.05) is 129 Å². The van der Waals surface area contributed by atoms with E-state index in [4.69, 9.17) is 9.97 Å². The number of aromatic hydroxyl groups is 1. The van der Waals surface area contributed by atoms with E-state index in [1.165, 1.54) is 5.56 Å². The summed E-state index contributed by atoms with van der Waals surface area (Å²) in [5, 5.41) is 13.5. The first kappa shape index (κ1) is 37.0. The summed E-state index contributed by atoms with van der Waals surface area (Å²) in [5.41, 5.74) is 13.7. The van der Waals surface area contributed by atoms with Gasteiger partial charge < -0.3 is 9.67 Å². The maximum Gasteiger partial charge on any atom is 0.148 e. The van der Waals surface area contributed by atoms with E-state index in [1.54, 1.807) is 6.07 Å². The van der Waals surface area contributed by atoms with Crippen LogP contribution in [0.25, 0.3) is 89.1 Å². The quantitative estimate of drug-likeness (QED) is 0.169. The zero-order chi connectivity index (χ0) is 38.7. The molecule has 284 valence electrons. The van der Waals surface area contributed by atoms with Crippen LogP contribution < -0.4 is 0 Å². The maximum atomic E-state index is 11.3. The Hall–Kier alpha value is -6.55. The van der Waals surface area contributed by atoms with Crippen LogP contribution in [-0.4, -0.2) is 24.2 Å². The zero-order valence-electron chi connectivity index (χ0n) is 32.3. The molecule has 0 aliphatic rings. The minimum atomic E-state index is -0.0523. The molecule has 0 amide bonds. The smallest absolute Gasteiger partial charge is 0.148 e. The van der Waals surface area contributed by atoms with Gasteiger partial charge in [0.15, 0.2) is 0 Å². The maximum absolute atomic E-state index is 11.3. The van der Waals surface area contributed by atoms with Crippen LogP contribution in [0.1, 0.15) is 26.3 Å². The van der Waals surface area contributed by atoms with Crippen molar-refractivity contribution in [1.82, 2.24) is 19.1 Å². The molecular weight excluding hydrogens is 892 g/mol. The molecule has 0 saturated heterocycles. The molecule has 3 aromatic heterocycles. The first-order valence-electron chi connectivity index (χ1n) is 19.3. The van der Waals surface area contributed by atoms with Gasteiger partial charge >= 0.3 is 0 Å². The predicted molar refractivity (Wildman–Crippen MR) is 234 cm³/mol. The fourth-order valence-electron chi connectivity index (χ4n) is 8.19. The molecule has 0 unspecified atom stereocenters. The van der Waals surface area contributed by atoms with Crippen molar-refractivity contribution in [3.8, 4) is 62.0 Å². The van der Waals surface area contributed by atoms with Gasteiger partial charge in [0.25, 0.3) is 0 Å². The van der Waals surface area contributed by atoms with E-state index in [-0.39, 0.29) is 32.2 Å². The number of nitrogens with zero attached hydrogens (tertiary/aromatic N) is 4. The number of fused-ring (bicyclic) bond motifs is 4. The molecule has 0 saturated carbocycles. The number of para-hydroxylation sites is 4. The molecule has 0 atom stereocenters. The van der Waals surface area contributed by atoms with Crippen LogP contribution in [0.2, 0.25) is 0 Å². The number of imidazole rings is 1. The van der Waals surface area contributed by atoms with Crippen LogP contribution in [0.15, 0.2) is 176 Å². The molecule has 5 nitrogen and oxygen atoms in total. The van der Waals surface area contributed by atoms with Crippen molar-refractivity contribution in [2.45, 2.75) is 26.2 Å². The average molecular weight is 931 g/mol. The van der Waals surface area contributed by atoms with Gasteiger partial charge in [-0.25, -0.2) is 4.98 Å². The van der Waals surface area contributed by atoms with Crippen molar-refractivity contribution in [3.05, 3.63) is 188 Å². The number of phenols is 1. The molecule has 6 heteroatoms. The number of pyridine rings is 1. The van der Waals surface area contributed by atoms with Crippen LogP contribution >= 0.6 is 0 Å². The molecule has 7 aromatic carbocycles. The third-order valence-electron chi connectivity index (χ3n) is 11.0. The number of phenolic OH excluding ortho intramolecular Hbond substituents is 1. The van der Waals surface area contributed by atoms with Gasteiger partial charge in [0.05, 0.1) is 33.3 Å². The third kappa shape index (κ3) is 6.23. The van der Waals surface area contributed by atoms with E-state index >= 15 is 0 Å². The van der Waals surface area contributed by atoms with E-state index in [0.29, 0.717) is 11.4 Å². The SMILES string of the molecule is CC(C)(C)c1ccc(-n2c(-c3ccccc3O)nc3c(-c4[c-]c(-c5nccc6c5c5ccccc5n6-c5ccccc5)ccc4)cccc32)c(-c2ccccc2)c1.[Pt]. The van der Waals surface area contributed by atoms with Gasteiger partial charge in [0.1, 0.15) is 11.6 Å². The Labute approximate surface area is 352 Å². The van der Waals surface area contributed by atoms with Crippen LogP contribution in [0.4, 0.5) is 0 Å². The number of benzene rings is 7. The molecule has 1 N–H and O–H groups in total. The van der Waals surface area contributed by atoms with Gasteiger partial charge in [-0.2, -0.15) is 0 Å². The molecule has 0 fully saturated rings. The van der Waals surface area contributed by atoms with Crippen LogP contribution in [0, 0.1) is 6.07 Å². The Bertz CT molecular complexity index is 3120. The third-order valence-corrected chi connectivity index (χ3v) is 11.0. The minimum Gasteiger partial charge on any atom is -0.507 e. The van der Waals surface area contributed by atoms with Crippen molar-refractivity contribution < 1.29 is 26.2 Å². The summed E-state index contributed by atoms with van der Waals surface area (Å²) in [4.78, 5) is 10.4. The fraction of sp³-hybridized carbons (Fsp3) is 0.0769. The summed E-state index contributed by atoms with van der Waals surface area (Å²) in [5.74, 6) is 0.832. The standard InChI is InChI=1S/C52H39N4O.Pt/c1-52(2,3)37-28-29-44(42(33-37)34-16-6-4-7-17-34)56-46-26-15-24-39(50(46)54-51(56)41-23-11-13-27-47(41)57)35-18-14-19-36(32-35)49-48-40-22-10-12-25-43(40)55(45(48)30-31-53-49)38-20-8-5-9-21-38;/h4-31,33,57H,1-3H3;/q-1;. The Morgan fingerprint density at radius 2 is 1.24 bits per heavy atom. The van der Waals surface area contributed by atoms with E-state index in [9.17, 15) is 5.11 Å². The summed E-state index contributed by atoms with van der Waals surface area (Å²) in [6, 6.07) is 62.1. The van der Waals surface area contributed by atoms with E-state index < -0.39 is 0 Å². The van der Waals surface area contributed by atoms with Gasteiger partial charge in [-0.05, 0) is 71.1 Å².